The Morgan fingerprint density at radius 3 is 2.02 bits per heavy atom. The lowest BCUT2D eigenvalue weighted by molar-refractivity contribution is -0.141. The van der Waals surface area contributed by atoms with Crippen LogP contribution in [-0.2, 0) is 41.6 Å². The molecule has 0 aliphatic carbocycles. The zero-order valence-corrected chi connectivity index (χ0v) is 35.7. The highest BCUT2D eigenvalue weighted by atomic mass is 16.6. The van der Waals surface area contributed by atoms with E-state index in [1.54, 1.807) is 63.4 Å². The molecule has 0 aliphatic rings. The fourth-order valence-electron chi connectivity index (χ4n) is 6.68. The Kier molecular flexibility index (Phi) is 17.4. The number of benzene rings is 3. The van der Waals surface area contributed by atoms with Gasteiger partial charge in [0, 0.05) is 42.2 Å². The average Bonchev–Trinajstić information content (AvgIpc) is 3.61. The van der Waals surface area contributed by atoms with Crippen molar-refractivity contribution in [3.05, 3.63) is 102 Å². The van der Waals surface area contributed by atoms with Gasteiger partial charge in [0.15, 0.2) is 0 Å². The van der Waals surface area contributed by atoms with E-state index in [1.165, 1.54) is 0 Å². The van der Waals surface area contributed by atoms with E-state index < -0.39 is 77.9 Å². The van der Waals surface area contributed by atoms with E-state index in [1.807, 2.05) is 56.3 Å². The number of carbonyl (C=O) groups excluding carboxylic acids is 6. The standard InChI is InChI=1S/C45H58N8O9/c1-27(2)30-17-9-12-20-33(30)52-43(60)47-22-14-13-21-34(40(57)51-37(25-38(54)55)42(59)50-35(39(46)56)23-28-15-7-6-8-16-28)49-41(58)36(53-44(61)62-45(3,4)5)24-29-26-48-32-19-11-10-18-31(29)32/h6-12,15-20,26-27,34-37,48H,13-14,21-25H2,1-5H3,(H2,46,56)(H,49,58)(H,50,59)(H,51,57)(H,53,61)(H,54,55)(H2,47,52,60)/t34-,35-,36-,37-/m0/s1. The second-order valence-electron chi connectivity index (χ2n) is 16.3. The maximum absolute atomic E-state index is 14.2. The second-order valence-corrected chi connectivity index (χ2v) is 16.3. The number of nitrogens with one attached hydrogen (secondary N) is 7. The second kappa shape index (κ2) is 22.6. The van der Waals surface area contributed by atoms with Gasteiger partial charge in [-0.15, -0.1) is 0 Å². The van der Waals surface area contributed by atoms with Crippen LogP contribution in [0.3, 0.4) is 0 Å². The molecule has 4 atom stereocenters. The highest BCUT2D eigenvalue weighted by molar-refractivity contribution is 5.97. The van der Waals surface area contributed by atoms with Gasteiger partial charge in [0.1, 0.15) is 29.8 Å². The van der Waals surface area contributed by atoms with Crippen molar-refractivity contribution in [2.24, 2.45) is 5.73 Å². The number of fused-ring (bicyclic) bond motifs is 1. The summed E-state index contributed by atoms with van der Waals surface area (Å²) in [5.74, 6) is -4.78. The van der Waals surface area contributed by atoms with Crippen molar-refractivity contribution in [3.8, 4) is 0 Å². The molecule has 10 N–H and O–H groups in total. The van der Waals surface area contributed by atoms with Crippen LogP contribution >= 0.6 is 0 Å². The van der Waals surface area contributed by atoms with Crippen molar-refractivity contribution in [1.29, 1.82) is 0 Å². The van der Waals surface area contributed by atoms with Crippen molar-refractivity contribution in [2.75, 3.05) is 11.9 Å². The molecular formula is C45H58N8O9. The van der Waals surface area contributed by atoms with Crippen LogP contribution in [0.5, 0.6) is 0 Å². The molecule has 7 amide bonds. The Balaban J connectivity index is 1.54. The number of ether oxygens (including phenoxy) is 1. The van der Waals surface area contributed by atoms with Crippen LogP contribution in [0.15, 0.2) is 85.1 Å². The molecule has 0 bridgehead atoms. The molecule has 1 heterocycles. The smallest absolute Gasteiger partial charge is 0.408 e. The lowest BCUT2D eigenvalue weighted by Gasteiger charge is -2.27. The largest absolute Gasteiger partial charge is 0.481 e. The van der Waals surface area contributed by atoms with Gasteiger partial charge in [-0.3, -0.25) is 24.0 Å². The quantitative estimate of drug-likeness (QED) is 0.0538. The van der Waals surface area contributed by atoms with Crippen molar-refractivity contribution < 1.29 is 43.4 Å². The van der Waals surface area contributed by atoms with Gasteiger partial charge in [-0.1, -0.05) is 80.6 Å². The molecular weight excluding hydrogens is 797 g/mol. The zero-order valence-electron chi connectivity index (χ0n) is 35.7. The van der Waals surface area contributed by atoms with Crippen LogP contribution in [0.4, 0.5) is 15.3 Å². The minimum Gasteiger partial charge on any atom is -0.481 e. The van der Waals surface area contributed by atoms with Crippen molar-refractivity contribution in [1.82, 2.24) is 31.6 Å². The predicted octanol–water partition coefficient (Wildman–Crippen LogP) is 4.38. The minimum absolute atomic E-state index is 0.00704. The van der Waals surface area contributed by atoms with E-state index in [0.29, 0.717) is 23.2 Å². The van der Waals surface area contributed by atoms with Gasteiger partial charge in [-0.2, -0.15) is 0 Å². The molecule has 0 saturated carbocycles. The molecule has 62 heavy (non-hydrogen) atoms. The molecule has 17 heteroatoms. The third-order valence-electron chi connectivity index (χ3n) is 9.73. The molecule has 0 saturated heterocycles. The van der Waals surface area contributed by atoms with Gasteiger partial charge in [0.2, 0.25) is 23.6 Å². The topological polar surface area (TPSA) is 263 Å². The summed E-state index contributed by atoms with van der Waals surface area (Å²) in [5, 5.41) is 26.4. The average molecular weight is 855 g/mol. The number of hydrogen-bond acceptors (Lipinski definition) is 8. The Morgan fingerprint density at radius 1 is 0.726 bits per heavy atom. The summed E-state index contributed by atoms with van der Waals surface area (Å²) >= 11 is 0. The molecule has 1 aromatic heterocycles. The van der Waals surface area contributed by atoms with Crippen molar-refractivity contribution in [2.45, 2.75) is 109 Å². The number of anilines is 1. The molecule has 4 aromatic rings. The number of carboxylic acids is 1. The van der Waals surface area contributed by atoms with Crippen molar-refractivity contribution in [3.63, 3.8) is 0 Å². The maximum Gasteiger partial charge on any atom is 0.408 e. The number of nitrogens with two attached hydrogens (primary N) is 1. The number of aromatic nitrogens is 1. The van der Waals surface area contributed by atoms with Crippen LogP contribution < -0.4 is 37.6 Å². The van der Waals surface area contributed by atoms with Gasteiger partial charge in [0.25, 0.3) is 0 Å². The number of carbonyl (C=O) groups is 7. The molecule has 332 valence electrons. The summed E-state index contributed by atoms with van der Waals surface area (Å²) < 4.78 is 5.46. The SMILES string of the molecule is CC(C)c1ccccc1NC(=O)NCCCC[C@H](NC(=O)[C@H](Cc1c[nH]c2ccccc12)NC(=O)OC(C)(C)C)C(=O)N[C@@H](CC(=O)O)C(=O)N[C@@H](Cc1ccccc1)C(N)=O. The summed E-state index contributed by atoms with van der Waals surface area (Å²) in [6, 6.07) is 17.6. The third kappa shape index (κ3) is 15.3. The first kappa shape index (κ1) is 47.8. The Hall–Kier alpha value is -6.91. The number of rotatable bonds is 21. The number of hydrogen-bond donors (Lipinski definition) is 9. The normalized spacial score (nSPS) is 13.2. The van der Waals surface area contributed by atoms with Gasteiger partial charge in [0.05, 0.1) is 6.42 Å². The van der Waals surface area contributed by atoms with Crippen LogP contribution in [0.2, 0.25) is 0 Å². The Bertz CT molecular complexity index is 2180. The Labute approximate surface area is 360 Å². The fraction of sp³-hybridized carbons (Fsp3) is 0.400. The van der Waals surface area contributed by atoms with Gasteiger partial charge in [-0.05, 0) is 74.8 Å². The van der Waals surface area contributed by atoms with E-state index in [2.05, 4.69) is 36.9 Å². The van der Waals surface area contributed by atoms with Crippen molar-refractivity contribution >= 4 is 58.3 Å². The van der Waals surface area contributed by atoms with Crippen LogP contribution in [0, 0.1) is 0 Å². The lowest BCUT2D eigenvalue weighted by atomic mass is 10.0. The summed E-state index contributed by atoms with van der Waals surface area (Å²) in [6.07, 6.45) is 0.562. The van der Waals surface area contributed by atoms with E-state index in [0.717, 1.165) is 16.5 Å². The zero-order chi connectivity index (χ0) is 45.4. The number of primary amides is 1. The Morgan fingerprint density at radius 2 is 1.34 bits per heavy atom. The van der Waals surface area contributed by atoms with E-state index >= 15 is 0 Å². The minimum atomic E-state index is -1.68. The number of para-hydroxylation sites is 2. The van der Waals surface area contributed by atoms with E-state index in [4.69, 9.17) is 10.5 Å². The molecule has 17 nitrogen and oxygen atoms in total. The highest BCUT2D eigenvalue weighted by Crippen LogP contribution is 2.24. The first-order valence-corrected chi connectivity index (χ1v) is 20.5. The molecule has 3 aromatic carbocycles. The van der Waals surface area contributed by atoms with E-state index in [-0.39, 0.29) is 38.1 Å². The van der Waals surface area contributed by atoms with E-state index in [9.17, 15) is 38.7 Å². The van der Waals surface area contributed by atoms with Crippen LogP contribution in [-0.4, -0.2) is 88.1 Å². The molecule has 0 unspecified atom stereocenters. The predicted molar refractivity (Wildman–Crippen MR) is 234 cm³/mol. The number of carboxylic acid groups (broad SMARTS) is 1. The molecule has 0 fully saturated rings. The number of H-pyrrole nitrogens is 1. The number of aliphatic carboxylic acids is 1. The number of aromatic amines is 1. The van der Waals surface area contributed by atoms with Crippen LogP contribution in [0.25, 0.3) is 10.9 Å². The monoisotopic (exact) mass is 854 g/mol. The number of alkyl carbamates (subject to hydrolysis) is 1. The molecule has 0 spiro atoms. The van der Waals surface area contributed by atoms with Gasteiger partial charge >= 0.3 is 18.1 Å². The maximum atomic E-state index is 14.2. The molecule has 0 radical (unpaired) electrons. The summed E-state index contributed by atoms with van der Waals surface area (Å²) in [7, 11) is 0. The van der Waals surface area contributed by atoms with Gasteiger partial charge < -0.3 is 52.5 Å². The lowest BCUT2D eigenvalue weighted by Crippen LogP contribution is -2.59. The molecule has 4 rings (SSSR count). The summed E-state index contributed by atoms with van der Waals surface area (Å²) in [4.78, 5) is 95.1. The first-order valence-electron chi connectivity index (χ1n) is 20.5. The number of urea groups is 1. The number of amides is 7. The van der Waals surface area contributed by atoms with Crippen LogP contribution in [0.1, 0.15) is 82.9 Å². The van der Waals surface area contributed by atoms with Gasteiger partial charge in [-0.25, -0.2) is 9.59 Å². The highest BCUT2D eigenvalue weighted by Gasteiger charge is 2.33. The summed E-state index contributed by atoms with van der Waals surface area (Å²) in [5.41, 5.74) is 8.49. The number of unbranched alkanes of at least 4 members (excludes halogenated alkanes) is 1. The summed E-state index contributed by atoms with van der Waals surface area (Å²) in [6.45, 7) is 9.23. The fourth-order valence-corrected chi connectivity index (χ4v) is 6.68. The third-order valence-corrected chi connectivity index (χ3v) is 9.73. The molecule has 0 aliphatic heterocycles. The first-order chi connectivity index (χ1) is 29.4.